The SMILES string of the molecule is CCS(=O)(=O)c1ccc(C(=O)NCC(Cc2cccc(C)c2)C(=O)O)cc1. The van der Waals surface area contributed by atoms with Gasteiger partial charge in [-0.05, 0) is 43.2 Å². The maximum absolute atomic E-state index is 12.3. The van der Waals surface area contributed by atoms with Gasteiger partial charge in [-0.1, -0.05) is 36.8 Å². The minimum Gasteiger partial charge on any atom is -0.481 e. The highest BCUT2D eigenvalue weighted by Gasteiger charge is 2.20. The molecule has 144 valence electrons. The second-order valence-electron chi connectivity index (χ2n) is 6.37. The summed E-state index contributed by atoms with van der Waals surface area (Å²) >= 11 is 0. The molecule has 2 rings (SSSR count). The van der Waals surface area contributed by atoms with E-state index >= 15 is 0 Å². The van der Waals surface area contributed by atoms with E-state index in [1.807, 2.05) is 31.2 Å². The van der Waals surface area contributed by atoms with Gasteiger partial charge in [0.15, 0.2) is 9.84 Å². The first-order chi connectivity index (χ1) is 12.7. The van der Waals surface area contributed by atoms with Gasteiger partial charge in [0, 0.05) is 12.1 Å². The fourth-order valence-corrected chi connectivity index (χ4v) is 3.55. The minimum absolute atomic E-state index is 0.0161. The molecule has 0 aromatic heterocycles. The van der Waals surface area contributed by atoms with Crippen molar-refractivity contribution >= 4 is 21.7 Å². The van der Waals surface area contributed by atoms with Gasteiger partial charge in [0.05, 0.1) is 16.6 Å². The monoisotopic (exact) mass is 389 g/mol. The Kier molecular flexibility index (Phi) is 6.74. The number of sulfone groups is 1. The molecule has 2 aromatic carbocycles. The van der Waals surface area contributed by atoms with E-state index in [1.165, 1.54) is 24.3 Å². The van der Waals surface area contributed by atoms with E-state index in [-0.39, 0.29) is 22.8 Å². The molecule has 2 N–H and O–H groups in total. The van der Waals surface area contributed by atoms with E-state index in [1.54, 1.807) is 6.92 Å². The van der Waals surface area contributed by atoms with Gasteiger partial charge in [-0.15, -0.1) is 0 Å². The highest BCUT2D eigenvalue weighted by molar-refractivity contribution is 7.91. The van der Waals surface area contributed by atoms with Crippen LogP contribution in [0.3, 0.4) is 0 Å². The maximum Gasteiger partial charge on any atom is 0.308 e. The van der Waals surface area contributed by atoms with Crippen molar-refractivity contribution in [2.45, 2.75) is 25.2 Å². The lowest BCUT2D eigenvalue weighted by atomic mass is 9.98. The molecule has 2 aromatic rings. The second-order valence-corrected chi connectivity index (χ2v) is 8.64. The number of rotatable bonds is 8. The number of hydrogen-bond donors (Lipinski definition) is 2. The molecule has 0 aliphatic carbocycles. The van der Waals surface area contributed by atoms with Crippen LogP contribution in [-0.2, 0) is 21.1 Å². The molecule has 0 spiro atoms. The van der Waals surface area contributed by atoms with Crippen molar-refractivity contribution in [2.24, 2.45) is 5.92 Å². The number of carbonyl (C=O) groups is 2. The molecule has 6 nitrogen and oxygen atoms in total. The number of nitrogens with one attached hydrogen (secondary N) is 1. The van der Waals surface area contributed by atoms with Crippen molar-refractivity contribution in [3.05, 3.63) is 65.2 Å². The van der Waals surface area contributed by atoms with Crippen LogP contribution in [0.15, 0.2) is 53.4 Å². The van der Waals surface area contributed by atoms with Gasteiger partial charge in [-0.2, -0.15) is 0 Å². The predicted molar refractivity (Wildman–Crippen MR) is 103 cm³/mol. The maximum atomic E-state index is 12.3. The normalized spacial score (nSPS) is 12.4. The van der Waals surface area contributed by atoms with Crippen molar-refractivity contribution in [1.82, 2.24) is 5.32 Å². The Bertz CT molecular complexity index is 920. The molecule has 1 unspecified atom stereocenters. The molecule has 7 heteroatoms. The van der Waals surface area contributed by atoms with Crippen LogP contribution < -0.4 is 5.32 Å². The van der Waals surface area contributed by atoms with Crippen LogP contribution in [0.5, 0.6) is 0 Å². The first-order valence-electron chi connectivity index (χ1n) is 8.62. The molecule has 0 saturated heterocycles. The van der Waals surface area contributed by atoms with Crippen molar-refractivity contribution < 1.29 is 23.1 Å². The van der Waals surface area contributed by atoms with Crippen LogP contribution in [-0.4, -0.2) is 37.7 Å². The Morgan fingerprint density at radius 2 is 1.78 bits per heavy atom. The number of benzene rings is 2. The van der Waals surface area contributed by atoms with Crippen molar-refractivity contribution in [3.63, 3.8) is 0 Å². The third-order valence-electron chi connectivity index (χ3n) is 4.28. The zero-order valence-corrected chi connectivity index (χ0v) is 16.1. The number of amides is 1. The van der Waals surface area contributed by atoms with Crippen LogP contribution in [0.4, 0.5) is 0 Å². The fraction of sp³-hybridized carbons (Fsp3) is 0.300. The number of aryl methyl sites for hydroxylation is 1. The molecule has 0 bridgehead atoms. The second kappa shape index (κ2) is 8.81. The number of carbonyl (C=O) groups excluding carboxylic acids is 1. The number of hydrogen-bond acceptors (Lipinski definition) is 4. The van der Waals surface area contributed by atoms with Gasteiger partial charge >= 0.3 is 5.97 Å². The van der Waals surface area contributed by atoms with E-state index in [0.29, 0.717) is 6.42 Å². The summed E-state index contributed by atoms with van der Waals surface area (Å²) in [6, 6.07) is 13.2. The average Bonchev–Trinajstić information content (AvgIpc) is 2.64. The van der Waals surface area contributed by atoms with Crippen molar-refractivity contribution in [2.75, 3.05) is 12.3 Å². The Morgan fingerprint density at radius 3 is 2.33 bits per heavy atom. The lowest BCUT2D eigenvalue weighted by Crippen LogP contribution is -2.34. The van der Waals surface area contributed by atoms with E-state index in [2.05, 4.69) is 5.32 Å². The molecule has 0 aliphatic rings. The highest BCUT2D eigenvalue weighted by Crippen LogP contribution is 2.14. The van der Waals surface area contributed by atoms with Crippen LogP contribution >= 0.6 is 0 Å². The zero-order chi connectivity index (χ0) is 20.0. The Hall–Kier alpha value is -2.67. The van der Waals surface area contributed by atoms with Crippen LogP contribution in [0.1, 0.15) is 28.4 Å². The average molecular weight is 389 g/mol. The number of carboxylic acids is 1. The molecule has 1 amide bonds. The predicted octanol–water partition coefficient (Wildman–Crippen LogP) is 2.46. The molecule has 27 heavy (non-hydrogen) atoms. The number of aliphatic carboxylic acids is 1. The Balaban J connectivity index is 2.02. The largest absolute Gasteiger partial charge is 0.481 e. The molecule has 0 saturated carbocycles. The minimum atomic E-state index is -3.33. The number of carboxylic acid groups (broad SMARTS) is 1. The van der Waals surface area contributed by atoms with Crippen molar-refractivity contribution in [1.29, 1.82) is 0 Å². The molecule has 0 heterocycles. The molecule has 0 aliphatic heterocycles. The zero-order valence-electron chi connectivity index (χ0n) is 15.3. The van der Waals surface area contributed by atoms with E-state index < -0.39 is 27.6 Å². The molecule has 0 radical (unpaired) electrons. The molecule has 1 atom stereocenters. The lowest BCUT2D eigenvalue weighted by molar-refractivity contribution is -0.141. The van der Waals surface area contributed by atoms with E-state index in [9.17, 15) is 23.1 Å². The summed E-state index contributed by atoms with van der Waals surface area (Å²) in [4.78, 5) is 23.9. The fourth-order valence-electron chi connectivity index (χ4n) is 2.67. The van der Waals surface area contributed by atoms with Gasteiger partial charge < -0.3 is 10.4 Å². The van der Waals surface area contributed by atoms with Gasteiger partial charge in [-0.3, -0.25) is 9.59 Å². The van der Waals surface area contributed by atoms with Crippen molar-refractivity contribution in [3.8, 4) is 0 Å². The van der Waals surface area contributed by atoms with Gasteiger partial charge in [0.1, 0.15) is 0 Å². The van der Waals surface area contributed by atoms with Gasteiger partial charge in [0.25, 0.3) is 5.91 Å². The summed E-state index contributed by atoms with van der Waals surface area (Å²) in [5.41, 5.74) is 2.22. The molecular formula is C20H23NO5S. The summed E-state index contributed by atoms with van der Waals surface area (Å²) < 4.78 is 23.6. The Labute approximate surface area is 159 Å². The van der Waals surface area contributed by atoms with Crippen LogP contribution in [0.25, 0.3) is 0 Å². The summed E-state index contributed by atoms with van der Waals surface area (Å²) in [7, 11) is -3.33. The standard InChI is InChI=1S/C20H23NO5S/c1-3-27(25,26)18-9-7-16(8-10-18)19(22)21-13-17(20(23)24)12-15-6-4-5-14(2)11-15/h4-11,17H,3,12-13H2,1-2H3,(H,21,22)(H,23,24). The Morgan fingerprint density at radius 1 is 1.11 bits per heavy atom. The summed E-state index contributed by atoms with van der Waals surface area (Å²) in [5.74, 6) is -2.19. The topological polar surface area (TPSA) is 101 Å². The van der Waals surface area contributed by atoms with Crippen LogP contribution in [0, 0.1) is 12.8 Å². The summed E-state index contributed by atoms with van der Waals surface area (Å²) in [6.45, 7) is 3.47. The van der Waals surface area contributed by atoms with Gasteiger partial charge in [0.2, 0.25) is 0 Å². The quantitative estimate of drug-likeness (QED) is 0.722. The summed E-state index contributed by atoms with van der Waals surface area (Å²) in [6.07, 6.45) is 0.310. The lowest BCUT2D eigenvalue weighted by Gasteiger charge is -2.14. The summed E-state index contributed by atoms with van der Waals surface area (Å²) in [5, 5.41) is 12.0. The van der Waals surface area contributed by atoms with Gasteiger partial charge in [-0.25, -0.2) is 8.42 Å². The van der Waals surface area contributed by atoms with Crippen LogP contribution in [0.2, 0.25) is 0 Å². The van der Waals surface area contributed by atoms with E-state index in [0.717, 1.165) is 11.1 Å². The molecule has 0 fully saturated rings. The first-order valence-corrected chi connectivity index (χ1v) is 10.3. The third kappa shape index (κ3) is 5.65. The third-order valence-corrected chi connectivity index (χ3v) is 6.03. The van der Waals surface area contributed by atoms with E-state index in [4.69, 9.17) is 0 Å². The first kappa shape index (κ1) is 20.6. The molecular weight excluding hydrogens is 366 g/mol. The smallest absolute Gasteiger partial charge is 0.308 e. The highest BCUT2D eigenvalue weighted by atomic mass is 32.2.